The van der Waals surface area contributed by atoms with Crippen molar-refractivity contribution in [3.63, 3.8) is 0 Å². The number of fused-ring (bicyclic) bond motifs is 1. The van der Waals surface area contributed by atoms with E-state index in [-0.39, 0.29) is 22.8 Å². The number of aromatic nitrogens is 2. The quantitative estimate of drug-likeness (QED) is 0.225. The van der Waals surface area contributed by atoms with Crippen LogP contribution in [0.25, 0.3) is 10.9 Å². The zero-order valence-electron chi connectivity index (χ0n) is 18.9. The maximum absolute atomic E-state index is 13.4. The van der Waals surface area contributed by atoms with Gasteiger partial charge in [0.1, 0.15) is 5.82 Å². The van der Waals surface area contributed by atoms with Gasteiger partial charge in [0.2, 0.25) is 5.91 Å². The number of carbonyl (C=O) groups excluding carboxylic acids is 2. The first-order valence-electron chi connectivity index (χ1n) is 10.8. The van der Waals surface area contributed by atoms with Crippen LogP contribution in [0.1, 0.15) is 15.9 Å². The zero-order chi connectivity index (χ0) is 24.8. The number of rotatable bonds is 8. The van der Waals surface area contributed by atoms with Crippen molar-refractivity contribution in [2.75, 3.05) is 18.2 Å². The molecule has 0 fully saturated rings. The number of nitrogens with one attached hydrogen (secondary N) is 1. The molecule has 0 saturated heterocycles. The summed E-state index contributed by atoms with van der Waals surface area (Å²) in [4.78, 5) is 42.4. The predicted octanol–water partition coefficient (Wildman–Crippen LogP) is 4.30. The Hall–Kier alpha value is -3.98. The molecule has 1 N–H and O–H groups in total. The van der Waals surface area contributed by atoms with Crippen molar-refractivity contribution < 1.29 is 18.7 Å². The molecule has 0 bridgehead atoms. The number of carbonyl (C=O) groups is 2. The number of thioether (sulfide) groups is 1. The van der Waals surface area contributed by atoms with Crippen molar-refractivity contribution in [1.82, 2.24) is 9.55 Å². The van der Waals surface area contributed by atoms with Crippen LogP contribution in [-0.2, 0) is 22.5 Å². The van der Waals surface area contributed by atoms with Gasteiger partial charge < -0.3 is 10.1 Å². The van der Waals surface area contributed by atoms with Crippen molar-refractivity contribution in [3.8, 4) is 0 Å². The van der Waals surface area contributed by atoms with E-state index >= 15 is 0 Å². The molecule has 9 heteroatoms. The van der Waals surface area contributed by atoms with Crippen LogP contribution in [0.3, 0.4) is 0 Å². The Kier molecular flexibility index (Phi) is 7.57. The highest BCUT2D eigenvalue weighted by molar-refractivity contribution is 7.99. The summed E-state index contributed by atoms with van der Waals surface area (Å²) in [5.41, 5.74) is 1.73. The lowest BCUT2D eigenvalue weighted by Gasteiger charge is -2.14. The highest BCUT2D eigenvalue weighted by Gasteiger charge is 2.16. The lowest BCUT2D eigenvalue weighted by molar-refractivity contribution is -0.113. The smallest absolute Gasteiger partial charge is 0.337 e. The number of anilines is 1. The molecular formula is C26H22FN3O4S. The topological polar surface area (TPSA) is 90.3 Å². The summed E-state index contributed by atoms with van der Waals surface area (Å²) in [5.74, 6) is -1.41. The molecule has 0 aliphatic heterocycles. The van der Waals surface area contributed by atoms with Gasteiger partial charge in [-0.25, -0.2) is 14.2 Å². The number of aryl methyl sites for hydroxylation is 1. The van der Waals surface area contributed by atoms with Gasteiger partial charge in [0.15, 0.2) is 5.16 Å². The van der Waals surface area contributed by atoms with E-state index in [0.717, 1.165) is 17.3 Å². The Morgan fingerprint density at radius 2 is 1.86 bits per heavy atom. The molecule has 0 unspecified atom stereocenters. The molecule has 4 aromatic rings. The number of amides is 1. The number of benzene rings is 3. The summed E-state index contributed by atoms with van der Waals surface area (Å²) < 4.78 is 19.7. The fourth-order valence-electron chi connectivity index (χ4n) is 3.53. The first-order chi connectivity index (χ1) is 16.9. The van der Waals surface area contributed by atoms with Gasteiger partial charge in [0.05, 0.1) is 29.3 Å². The normalized spacial score (nSPS) is 10.8. The maximum atomic E-state index is 13.4. The molecule has 0 aliphatic rings. The minimum absolute atomic E-state index is 0.0451. The van der Waals surface area contributed by atoms with Crippen LogP contribution in [0.15, 0.2) is 82.7 Å². The lowest BCUT2D eigenvalue weighted by Crippen LogP contribution is -2.25. The van der Waals surface area contributed by atoms with Gasteiger partial charge in [-0.1, -0.05) is 48.2 Å². The number of ether oxygens (including phenoxy) is 1. The number of hydrogen-bond acceptors (Lipinski definition) is 6. The standard InChI is InChI=1S/C26H22FN3O4S/c1-34-25(33)18-10-11-21-22(14-18)29-26(30(24(21)32)13-12-17-6-3-2-4-7-17)35-16-23(31)28-20-9-5-8-19(27)15-20/h2-11,14-15H,12-13,16H2,1H3,(H,28,31). The maximum Gasteiger partial charge on any atom is 0.337 e. The Bertz CT molecular complexity index is 1440. The molecule has 1 amide bonds. The third-order valence-corrected chi connectivity index (χ3v) is 6.23. The zero-order valence-corrected chi connectivity index (χ0v) is 19.7. The second-order valence-electron chi connectivity index (χ2n) is 7.66. The van der Waals surface area contributed by atoms with Gasteiger partial charge in [-0.15, -0.1) is 0 Å². The van der Waals surface area contributed by atoms with Gasteiger partial charge in [-0.2, -0.15) is 0 Å². The fourth-order valence-corrected chi connectivity index (χ4v) is 4.36. The molecule has 7 nitrogen and oxygen atoms in total. The monoisotopic (exact) mass is 491 g/mol. The van der Waals surface area contributed by atoms with Crippen LogP contribution in [-0.4, -0.2) is 34.3 Å². The first kappa shape index (κ1) is 24.2. The van der Waals surface area contributed by atoms with Crippen molar-refractivity contribution in [2.24, 2.45) is 0 Å². The average molecular weight is 492 g/mol. The van der Waals surface area contributed by atoms with E-state index in [0.29, 0.717) is 34.7 Å². The van der Waals surface area contributed by atoms with Crippen LogP contribution >= 0.6 is 11.8 Å². The molecule has 0 aliphatic carbocycles. The highest BCUT2D eigenvalue weighted by Crippen LogP contribution is 2.20. The van der Waals surface area contributed by atoms with Crippen LogP contribution in [0.2, 0.25) is 0 Å². The second kappa shape index (κ2) is 11.0. The molecule has 4 rings (SSSR count). The van der Waals surface area contributed by atoms with Gasteiger partial charge >= 0.3 is 5.97 Å². The summed E-state index contributed by atoms with van der Waals surface area (Å²) in [6.45, 7) is 0.360. The second-order valence-corrected chi connectivity index (χ2v) is 8.60. The van der Waals surface area contributed by atoms with Crippen LogP contribution in [0, 0.1) is 5.82 Å². The van der Waals surface area contributed by atoms with Crippen LogP contribution < -0.4 is 10.9 Å². The van der Waals surface area contributed by atoms with E-state index in [2.05, 4.69) is 10.3 Å². The first-order valence-corrected chi connectivity index (χ1v) is 11.8. The van der Waals surface area contributed by atoms with Gasteiger partial charge in [0, 0.05) is 12.2 Å². The predicted molar refractivity (Wildman–Crippen MR) is 133 cm³/mol. The van der Waals surface area contributed by atoms with Gasteiger partial charge in [-0.3, -0.25) is 14.2 Å². The summed E-state index contributed by atoms with van der Waals surface area (Å²) in [7, 11) is 1.28. The number of nitrogens with zero attached hydrogens (tertiary/aromatic N) is 2. The van der Waals surface area contributed by atoms with Crippen LogP contribution in [0.4, 0.5) is 10.1 Å². The summed E-state index contributed by atoms with van der Waals surface area (Å²) in [6.07, 6.45) is 0.594. The van der Waals surface area contributed by atoms with Gasteiger partial charge in [0.25, 0.3) is 5.56 Å². The fraction of sp³-hybridized carbons (Fsp3) is 0.154. The lowest BCUT2D eigenvalue weighted by atomic mass is 10.1. The minimum atomic E-state index is -0.536. The number of halogens is 1. The van der Waals surface area contributed by atoms with Crippen molar-refractivity contribution in [3.05, 3.63) is 100 Å². The molecule has 0 atom stereocenters. The summed E-state index contributed by atoms with van der Waals surface area (Å²) >= 11 is 1.09. The third-order valence-electron chi connectivity index (χ3n) is 5.25. The summed E-state index contributed by atoms with van der Waals surface area (Å²) in [5, 5.41) is 3.34. The molecule has 1 heterocycles. The average Bonchev–Trinajstić information content (AvgIpc) is 2.87. The van der Waals surface area contributed by atoms with Gasteiger partial charge in [-0.05, 0) is 48.4 Å². The van der Waals surface area contributed by atoms with Crippen molar-refractivity contribution >= 4 is 40.2 Å². The van der Waals surface area contributed by atoms with Crippen molar-refractivity contribution in [1.29, 1.82) is 0 Å². The van der Waals surface area contributed by atoms with E-state index in [1.165, 1.54) is 42.0 Å². The van der Waals surface area contributed by atoms with Crippen LogP contribution in [0.5, 0.6) is 0 Å². The van der Waals surface area contributed by atoms with E-state index in [9.17, 15) is 18.8 Å². The molecule has 178 valence electrons. The summed E-state index contributed by atoms with van der Waals surface area (Å²) in [6, 6.07) is 19.9. The van der Waals surface area contributed by atoms with Crippen molar-refractivity contribution in [2.45, 2.75) is 18.1 Å². The highest BCUT2D eigenvalue weighted by atomic mass is 32.2. The molecular weight excluding hydrogens is 469 g/mol. The number of esters is 1. The third kappa shape index (κ3) is 5.93. The molecule has 0 radical (unpaired) electrons. The van der Waals surface area contributed by atoms with E-state index in [4.69, 9.17) is 4.74 Å². The Labute approximate surface area is 205 Å². The van der Waals surface area contributed by atoms with E-state index in [1.807, 2.05) is 30.3 Å². The molecule has 1 aromatic heterocycles. The number of methoxy groups -OCH3 is 1. The largest absolute Gasteiger partial charge is 0.465 e. The SMILES string of the molecule is COC(=O)c1ccc2c(=O)n(CCc3ccccc3)c(SCC(=O)Nc3cccc(F)c3)nc2c1. The minimum Gasteiger partial charge on any atom is -0.465 e. The van der Waals surface area contributed by atoms with E-state index in [1.54, 1.807) is 12.1 Å². The molecule has 3 aromatic carbocycles. The van der Waals surface area contributed by atoms with E-state index < -0.39 is 11.8 Å². The molecule has 0 saturated carbocycles. The molecule has 0 spiro atoms. The number of hydrogen-bond donors (Lipinski definition) is 1. The Morgan fingerprint density at radius 1 is 1.06 bits per heavy atom. The Balaban J connectivity index is 1.63. The Morgan fingerprint density at radius 3 is 2.60 bits per heavy atom. The molecule has 35 heavy (non-hydrogen) atoms.